The molecule has 0 spiro atoms. The van der Waals surface area contributed by atoms with Gasteiger partial charge in [0.1, 0.15) is 5.52 Å². The lowest BCUT2D eigenvalue weighted by Crippen LogP contribution is -2.41. The maximum atomic E-state index is 11.8. The number of nitrogens with two attached hydrogens (primary N) is 1. The van der Waals surface area contributed by atoms with Crippen LogP contribution in [-0.2, 0) is 4.79 Å². The van der Waals surface area contributed by atoms with E-state index in [2.05, 4.69) is 29.5 Å². The number of aliphatic hydroxyl groups is 1. The van der Waals surface area contributed by atoms with Crippen LogP contribution in [0.25, 0.3) is 11.2 Å². The number of halogens is 3. The van der Waals surface area contributed by atoms with Crippen LogP contribution in [0.3, 0.4) is 0 Å². The number of carbonyl (C=O) groups is 1. The summed E-state index contributed by atoms with van der Waals surface area (Å²) in [4.78, 5) is 25.9. The van der Waals surface area contributed by atoms with Gasteiger partial charge in [-0.25, -0.2) is 9.97 Å². The van der Waals surface area contributed by atoms with Gasteiger partial charge in [0, 0.05) is 23.0 Å². The fourth-order valence-corrected chi connectivity index (χ4v) is 6.43. The van der Waals surface area contributed by atoms with Gasteiger partial charge in [0.05, 0.1) is 28.0 Å². The fraction of sp³-hybridized carbons (Fsp3) is 0.538. The molecule has 2 fully saturated rings. The number of primary amides is 1. The van der Waals surface area contributed by atoms with Crippen LogP contribution in [0, 0.1) is 11.3 Å². The summed E-state index contributed by atoms with van der Waals surface area (Å²) >= 11 is 19.0. The molecule has 2 aromatic heterocycles. The number of aromatic nitrogens is 4. The maximum absolute atomic E-state index is 11.8. The van der Waals surface area contributed by atoms with Gasteiger partial charge in [-0.3, -0.25) is 9.36 Å². The standard InChI is InChI=1S/C26H32Cl3N7O2/c1-26(2)8-7-15(11-20(26)37)32-24-31-12-19-23(35-24)36(16-5-3-13(4-6-16)22(30)38)25(33-19)34-21-17(28)9-14(27)10-18(21)29/h9-10,12-13,15-16,20,37H,3-8,11H2,1-2H3,(H2,30,38)(H,33,34)(H,31,32,35)/t13-,15?,16+,20-/m1/s1. The third-order valence-corrected chi connectivity index (χ3v) is 8.84. The van der Waals surface area contributed by atoms with Gasteiger partial charge in [-0.2, -0.15) is 4.98 Å². The van der Waals surface area contributed by atoms with Gasteiger partial charge in [-0.1, -0.05) is 48.7 Å². The molecule has 0 radical (unpaired) electrons. The summed E-state index contributed by atoms with van der Waals surface area (Å²) in [5.41, 5.74) is 7.24. The van der Waals surface area contributed by atoms with Crippen LogP contribution < -0.4 is 16.4 Å². The molecule has 2 aliphatic carbocycles. The van der Waals surface area contributed by atoms with E-state index < -0.39 is 6.10 Å². The van der Waals surface area contributed by atoms with Crippen LogP contribution in [0.15, 0.2) is 18.3 Å². The molecule has 5 N–H and O–H groups in total. The summed E-state index contributed by atoms with van der Waals surface area (Å²) < 4.78 is 2.04. The van der Waals surface area contributed by atoms with Crippen molar-refractivity contribution < 1.29 is 9.90 Å². The number of hydrogen-bond acceptors (Lipinski definition) is 7. The molecule has 3 aromatic rings. The van der Waals surface area contributed by atoms with E-state index in [9.17, 15) is 9.90 Å². The number of amides is 1. The van der Waals surface area contributed by atoms with Gasteiger partial charge in [0.2, 0.25) is 17.8 Å². The zero-order valence-corrected chi connectivity index (χ0v) is 23.6. The number of aliphatic hydroxyl groups excluding tert-OH is 1. The van der Waals surface area contributed by atoms with Crippen LogP contribution in [0.1, 0.15) is 64.8 Å². The van der Waals surface area contributed by atoms with Gasteiger partial charge in [0.25, 0.3) is 0 Å². The van der Waals surface area contributed by atoms with Crippen LogP contribution in [0.5, 0.6) is 0 Å². The van der Waals surface area contributed by atoms with Crippen molar-refractivity contribution in [3.8, 4) is 0 Å². The van der Waals surface area contributed by atoms with Crippen molar-refractivity contribution in [2.24, 2.45) is 17.1 Å². The number of benzene rings is 1. The molecular formula is C26H32Cl3N7O2. The van der Waals surface area contributed by atoms with Gasteiger partial charge in [-0.05, 0) is 62.5 Å². The van der Waals surface area contributed by atoms with Gasteiger partial charge in [-0.15, -0.1) is 0 Å². The van der Waals surface area contributed by atoms with Crippen molar-refractivity contribution in [1.29, 1.82) is 0 Å². The second-order valence-electron chi connectivity index (χ2n) is 11.1. The first kappa shape index (κ1) is 27.2. The Hall–Kier alpha value is -2.33. The van der Waals surface area contributed by atoms with Crippen molar-refractivity contribution in [2.75, 3.05) is 10.6 Å². The first-order valence-electron chi connectivity index (χ1n) is 12.9. The van der Waals surface area contributed by atoms with Crippen molar-refractivity contribution in [2.45, 2.75) is 77.0 Å². The zero-order chi connectivity index (χ0) is 27.2. The summed E-state index contributed by atoms with van der Waals surface area (Å²) in [5, 5.41) is 18.4. The highest BCUT2D eigenvalue weighted by Crippen LogP contribution is 2.40. The number of hydrogen-bond donors (Lipinski definition) is 4. The van der Waals surface area contributed by atoms with Gasteiger partial charge < -0.3 is 21.5 Å². The number of imidazole rings is 1. The first-order chi connectivity index (χ1) is 18.0. The highest BCUT2D eigenvalue weighted by atomic mass is 35.5. The minimum Gasteiger partial charge on any atom is -0.392 e. The van der Waals surface area contributed by atoms with Crippen LogP contribution in [0.2, 0.25) is 15.1 Å². The Morgan fingerprint density at radius 3 is 2.42 bits per heavy atom. The Labute approximate surface area is 236 Å². The summed E-state index contributed by atoms with van der Waals surface area (Å²) in [6, 6.07) is 3.33. The SMILES string of the molecule is CC1(C)CCC(Nc2ncc3nc(Nc4c(Cl)cc(Cl)cc4Cl)n([C@H]4CC[C@@H](C(N)=O)CC4)c3n2)C[C@H]1O. The molecular weight excluding hydrogens is 549 g/mol. The summed E-state index contributed by atoms with van der Waals surface area (Å²) in [6.45, 7) is 4.19. The Balaban J connectivity index is 1.49. The van der Waals surface area contributed by atoms with Gasteiger partial charge >= 0.3 is 0 Å². The predicted molar refractivity (Wildman–Crippen MR) is 151 cm³/mol. The van der Waals surface area contributed by atoms with E-state index in [1.54, 1.807) is 18.3 Å². The summed E-state index contributed by atoms with van der Waals surface area (Å²) in [5.74, 6) is 0.612. The van der Waals surface area contributed by atoms with E-state index in [4.69, 9.17) is 50.5 Å². The molecule has 204 valence electrons. The van der Waals surface area contributed by atoms with Gasteiger partial charge in [0.15, 0.2) is 5.65 Å². The van der Waals surface area contributed by atoms with E-state index in [1.165, 1.54) is 0 Å². The monoisotopic (exact) mass is 579 g/mol. The minimum atomic E-state index is -0.395. The molecule has 38 heavy (non-hydrogen) atoms. The molecule has 1 aromatic carbocycles. The Morgan fingerprint density at radius 1 is 1.11 bits per heavy atom. The fourth-order valence-electron chi connectivity index (χ4n) is 5.52. The van der Waals surface area contributed by atoms with E-state index in [1.807, 2.05) is 4.57 Å². The summed E-state index contributed by atoms with van der Waals surface area (Å²) in [7, 11) is 0. The molecule has 1 amide bonds. The maximum Gasteiger partial charge on any atom is 0.224 e. The molecule has 2 heterocycles. The number of nitrogens with zero attached hydrogens (tertiary/aromatic N) is 4. The van der Waals surface area contributed by atoms with E-state index in [-0.39, 0.29) is 29.3 Å². The van der Waals surface area contributed by atoms with Crippen molar-refractivity contribution in [1.82, 2.24) is 19.5 Å². The van der Waals surface area contributed by atoms with E-state index in [0.717, 1.165) is 25.7 Å². The molecule has 1 unspecified atom stereocenters. The molecule has 2 aliphatic rings. The highest BCUT2D eigenvalue weighted by Gasteiger charge is 2.35. The average Bonchev–Trinajstić information content (AvgIpc) is 3.21. The van der Waals surface area contributed by atoms with Crippen LogP contribution in [0.4, 0.5) is 17.6 Å². The van der Waals surface area contributed by atoms with Crippen molar-refractivity contribution >= 4 is 69.5 Å². The highest BCUT2D eigenvalue weighted by molar-refractivity contribution is 6.41. The number of fused-ring (bicyclic) bond motifs is 1. The Bertz CT molecular complexity index is 1330. The topological polar surface area (TPSA) is 131 Å². The van der Waals surface area contributed by atoms with Crippen LogP contribution >= 0.6 is 34.8 Å². The lowest BCUT2D eigenvalue weighted by Gasteiger charge is -2.39. The predicted octanol–water partition coefficient (Wildman–Crippen LogP) is 6.10. The molecule has 2 atom stereocenters. The summed E-state index contributed by atoms with van der Waals surface area (Å²) in [6.07, 6.45) is 6.61. The lowest BCUT2D eigenvalue weighted by atomic mass is 9.73. The van der Waals surface area contributed by atoms with Crippen molar-refractivity contribution in [3.63, 3.8) is 0 Å². The smallest absolute Gasteiger partial charge is 0.224 e. The second-order valence-corrected chi connectivity index (χ2v) is 12.4. The number of rotatable bonds is 6. The molecule has 0 bridgehead atoms. The average molecular weight is 581 g/mol. The normalized spacial score (nSPS) is 25.3. The Kier molecular flexibility index (Phi) is 7.66. The molecule has 12 heteroatoms. The molecule has 2 saturated carbocycles. The second kappa shape index (κ2) is 10.7. The minimum absolute atomic E-state index is 0.0306. The third kappa shape index (κ3) is 5.52. The van der Waals surface area contributed by atoms with E-state index in [0.29, 0.717) is 63.1 Å². The zero-order valence-electron chi connectivity index (χ0n) is 21.3. The van der Waals surface area contributed by atoms with Crippen molar-refractivity contribution in [3.05, 3.63) is 33.4 Å². The largest absolute Gasteiger partial charge is 0.392 e. The van der Waals surface area contributed by atoms with Crippen LogP contribution in [-0.4, -0.2) is 42.7 Å². The third-order valence-electron chi connectivity index (χ3n) is 8.02. The molecule has 0 aliphatic heterocycles. The number of anilines is 3. The quantitative estimate of drug-likeness (QED) is 0.277. The van der Waals surface area contributed by atoms with E-state index >= 15 is 0 Å². The number of carbonyl (C=O) groups excluding carboxylic acids is 1. The first-order valence-corrected chi connectivity index (χ1v) is 14.1. The number of nitrogens with one attached hydrogen (secondary N) is 2. The molecule has 5 rings (SSSR count). The lowest BCUT2D eigenvalue weighted by molar-refractivity contribution is -0.122. The molecule has 9 nitrogen and oxygen atoms in total. The molecule has 0 saturated heterocycles. The Morgan fingerprint density at radius 2 is 1.79 bits per heavy atom.